The minimum Gasteiger partial charge on any atom is -0.437 e. The predicted molar refractivity (Wildman–Crippen MR) is 110 cm³/mol. The summed E-state index contributed by atoms with van der Waals surface area (Å²) >= 11 is 0. The van der Waals surface area contributed by atoms with Crippen molar-refractivity contribution in [2.45, 2.75) is 64.4 Å². The van der Waals surface area contributed by atoms with Crippen molar-refractivity contribution in [3.05, 3.63) is 0 Å². The van der Waals surface area contributed by atoms with Gasteiger partial charge in [0.1, 0.15) is 12.6 Å². The molecule has 0 aromatic heterocycles. The van der Waals surface area contributed by atoms with Gasteiger partial charge in [-0.1, -0.05) is 0 Å². The molecule has 0 saturated carbocycles. The number of likely N-dealkylation sites (N-methyl/N-ethyl adjacent to an activating group) is 1. The number of rotatable bonds is 12. The summed E-state index contributed by atoms with van der Waals surface area (Å²) in [5, 5.41) is 9.98. The maximum absolute atomic E-state index is 9.98. The normalized spacial score (nSPS) is 15.6. The number of hydrogen-bond acceptors (Lipinski definition) is 4. The number of hydrogen-bond donors (Lipinski definition) is 1. The van der Waals surface area contributed by atoms with E-state index in [4.69, 9.17) is 13.0 Å². The van der Waals surface area contributed by atoms with E-state index in [1.165, 1.54) is 0 Å². The van der Waals surface area contributed by atoms with Crippen LogP contribution in [0, 0.1) is 0 Å². The number of aliphatic hydroxyl groups is 1. The van der Waals surface area contributed by atoms with Gasteiger partial charge in [0.25, 0.3) is 0 Å². The van der Waals surface area contributed by atoms with Gasteiger partial charge >= 0.3 is 8.56 Å². The molecule has 24 heavy (non-hydrogen) atoms. The Hall–Kier alpha value is 0.451. The highest BCUT2D eigenvalue weighted by Crippen LogP contribution is 2.25. The molecule has 0 aromatic rings. The second-order valence-corrected chi connectivity index (χ2v) is 22.7. The molecule has 0 amide bonds. The summed E-state index contributed by atoms with van der Waals surface area (Å²) in [6.07, 6.45) is 0.513. The van der Waals surface area contributed by atoms with Gasteiger partial charge in [-0.3, -0.25) is 0 Å². The smallest absolute Gasteiger partial charge is 0.314 e. The highest BCUT2D eigenvalue weighted by atomic mass is 28.5. The molecule has 0 spiro atoms. The van der Waals surface area contributed by atoms with E-state index in [2.05, 4.69) is 67.0 Å². The van der Waals surface area contributed by atoms with Gasteiger partial charge in [-0.2, -0.15) is 0 Å². The Morgan fingerprint density at radius 2 is 1.33 bits per heavy atom. The number of aliphatic hydroxyl groups excluding tert-OH is 1. The molecule has 1 unspecified atom stereocenters. The summed E-state index contributed by atoms with van der Waals surface area (Å²) in [7, 11) is 0.797. The third-order valence-electron chi connectivity index (χ3n) is 3.03. The highest BCUT2D eigenvalue weighted by molar-refractivity contribution is 6.87. The zero-order valence-corrected chi connectivity index (χ0v) is 20.7. The minimum atomic E-state index is -2.16. The van der Waals surface area contributed by atoms with E-state index in [1.807, 2.05) is 0 Å². The molecule has 0 fully saturated rings. The van der Waals surface area contributed by atoms with E-state index >= 15 is 0 Å². The van der Waals surface area contributed by atoms with Crippen LogP contribution in [0.1, 0.15) is 6.42 Å². The van der Waals surface area contributed by atoms with Crippen molar-refractivity contribution in [2.24, 2.45) is 0 Å². The largest absolute Gasteiger partial charge is 0.437 e. The van der Waals surface area contributed by atoms with Crippen molar-refractivity contribution < 1.29 is 22.6 Å². The summed E-state index contributed by atoms with van der Waals surface area (Å²) in [5.74, 6) is 0. The summed E-state index contributed by atoms with van der Waals surface area (Å²) in [6, 6.07) is 0.951. The molecule has 0 saturated heterocycles. The van der Waals surface area contributed by atoms with Gasteiger partial charge in [-0.05, 0) is 58.3 Å². The van der Waals surface area contributed by atoms with Gasteiger partial charge in [0.2, 0.25) is 0 Å². The molecular formula is C16H42NO4Si3+. The predicted octanol–water partition coefficient (Wildman–Crippen LogP) is 3.24. The lowest BCUT2D eigenvalue weighted by Gasteiger charge is -2.38. The van der Waals surface area contributed by atoms with E-state index in [0.29, 0.717) is 19.8 Å². The molecule has 1 atom stereocenters. The van der Waals surface area contributed by atoms with Crippen molar-refractivity contribution in [3.63, 3.8) is 0 Å². The van der Waals surface area contributed by atoms with Crippen LogP contribution in [0.15, 0.2) is 0 Å². The van der Waals surface area contributed by atoms with Crippen LogP contribution in [0.25, 0.3) is 0 Å². The Balaban J connectivity index is 4.33. The Labute approximate surface area is 153 Å². The molecule has 0 aliphatic heterocycles. The minimum absolute atomic E-state index is 0.400. The maximum Gasteiger partial charge on any atom is 0.314 e. The van der Waals surface area contributed by atoms with Gasteiger partial charge in [0.15, 0.2) is 16.6 Å². The molecule has 5 nitrogen and oxygen atoms in total. The van der Waals surface area contributed by atoms with Crippen LogP contribution < -0.4 is 0 Å². The lowest BCUT2D eigenvalue weighted by Crippen LogP contribution is -2.52. The van der Waals surface area contributed by atoms with E-state index in [0.717, 1.165) is 16.9 Å². The molecule has 0 radical (unpaired) electrons. The monoisotopic (exact) mass is 396 g/mol. The second-order valence-electron chi connectivity index (χ2n) is 9.87. The zero-order chi connectivity index (χ0) is 19.2. The average molecular weight is 397 g/mol. The summed E-state index contributed by atoms with van der Waals surface area (Å²) in [4.78, 5) is 0. The second kappa shape index (κ2) is 9.41. The van der Waals surface area contributed by atoms with Crippen molar-refractivity contribution in [2.75, 3.05) is 40.9 Å². The molecule has 8 heteroatoms. The Morgan fingerprint density at radius 3 is 1.71 bits per heavy atom. The third-order valence-corrected chi connectivity index (χ3v) is 12.6. The molecular weight excluding hydrogens is 354 g/mol. The lowest BCUT2D eigenvalue weighted by molar-refractivity contribution is -0.873. The Kier molecular flexibility index (Phi) is 9.58. The van der Waals surface area contributed by atoms with E-state index in [1.54, 1.807) is 0 Å². The molecule has 0 bridgehead atoms. The molecule has 1 N–H and O–H groups in total. The number of quaternary nitrogens is 1. The Morgan fingerprint density at radius 1 is 0.875 bits per heavy atom. The summed E-state index contributed by atoms with van der Waals surface area (Å²) in [5.41, 5.74) is 0. The first kappa shape index (κ1) is 24.5. The molecule has 0 aliphatic rings. The van der Waals surface area contributed by atoms with Gasteiger partial charge < -0.3 is 22.6 Å². The molecule has 0 aromatic carbocycles. The van der Waals surface area contributed by atoms with Crippen LogP contribution in [-0.2, 0) is 13.0 Å². The standard InChI is InChI=1S/C16H42NO4Si3/c1-17(2,3)14-16(18)15-19-12-11-13-24(10,20-22(4,5)6)21-23(7,8)9/h16,18H,11-15H2,1-10H3/q+1. The van der Waals surface area contributed by atoms with Crippen molar-refractivity contribution in [1.82, 2.24) is 0 Å². The van der Waals surface area contributed by atoms with E-state index in [9.17, 15) is 5.11 Å². The first-order valence-electron chi connectivity index (χ1n) is 8.98. The SMILES string of the molecule is C[N+](C)(C)CC(O)COCCC[Si](C)(O[Si](C)(C)C)O[Si](C)(C)C. The topological polar surface area (TPSA) is 47.9 Å². The van der Waals surface area contributed by atoms with Crippen LogP contribution in [0.5, 0.6) is 0 Å². The van der Waals surface area contributed by atoms with Crippen molar-refractivity contribution in [1.29, 1.82) is 0 Å². The van der Waals surface area contributed by atoms with Crippen molar-refractivity contribution in [3.8, 4) is 0 Å². The Bertz CT molecular complexity index is 346. The third kappa shape index (κ3) is 14.8. The fourth-order valence-corrected chi connectivity index (χ4v) is 15.3. The van der Waals surface area contributed by atoms with Gasteiger partial charge in [-0.25, -0.2) is 0 Å². The van der Waals surface area contributed by atoms with Crippen LogP contribution in [0.2, 0.25) is 51.9 Å². The van der Waals surface area contributed by atoms with Crippen LogP contribution in [-0.4, -0.2) is 81.8 Å². The zero-order valence-electron chi connectivity index (χ0n) is 17.7. The molecule has 146 valence electrons. The fourth-order valence-electron chi connectivity index (χ4n) is 2.82. The first-order valence-corrected chi connectivity index (χ1v) is 18.3. The molecule has 0 heterocycles. The first-order chi connectivity index (χ1) is 10.5. The van der Waals surface area contributed by atoms with Crippen LogP contribution in [0.3, 0.4) is 0 Å². The maximum atomic E-state index is 9.98. The quantitative estimate of drug-likeness (QED) is 0.312. The highest BCUT2D eigenvalue weighted by Gasteiger charge is 2.39. The number of nitrogens with zero attached hydrogens (tertiary/aromatic N) is 1. The molecule has 0 aliphatic carbocycles. The van der Waals surface area contributed by atoms with Gasteiger partial charge in [-0.15, -0.1) is 0 Å². The van der Waals surface area contributed by atoms with E-state index < -0.39 is 31.3 Å². The lowest BCUT2D eigenvalue weighted by atomic mass is 10.3. The van der Waals surface area contributed by atoms with Crippen molar-refractivity contribution >= 4 is 25.2 Å². The van der Waals surface area contributed by atoms with Gasteiger partial charge in [0, 0.05) is 6.61 Å². The molecule has 0 rings (SSSR count). The van der Waals surface area contributed by atoms with E-state index in [-0.39, 0.29) is 0 Å². The van der Waals surface area contributed by atoms with Gasteiger partial charge in [0.05, 0.1) is 27.7 Å². The summed E-state index contributed by atoms with van der Waals surface area (Å²) < 4.78 is 19.4. The number of ether oxygens (including phenoxy) is 1. The van der Waals surface area contributed by atoms with Crippen LogP contribution in [0.4, 0.5) is 0 Å². The summed E-state index contributed by atoms with van der Waals surface area (Å²) in [6.45, 7) is 17.3. The average Bonchev–Trinajstić information content (AvgIpc) is 2.19. The fraction of sp³-hybridized carbons (Fsp3) is 1.00. The van der Waals surface area contributed by atoms with Crippen LogP contribution >= 0.6 is 0 Å².